The molecule has 7 rings (SSSR count). The van der Waals surface area contributed by atoms with E-state index in [1.165, 1.54) is 47.9 Å². The molecule has 38 heavy (non-hydrogen) atoms. The molecular weight excluding hydrogens is 643 g/mol. The van der Waals surface area contributed by atoms with Gasteiger partial charge in [-0.1, -0.05) is 50.1 Å². The largest absolute Gasteiger partial charge is 0.360 e. The molecule has 2 aromatic heterocycles. The third-order valence-electron chi connectivity index (χ3n) is 7.47. The van der Waals surface area contributed by atoms with Crippen molar-refractivity contribution in [2.24, 2.45) is 5.92 Å². The zero-order chi connectivity index (χ0) is 25.2. The van der Waals surface area contributed by atoms with Gasteiger partial charge in [0, 0.05) is 38.4 Å². The van der Waals surface area contributed by atoms with Crippen molar-refractivity contribution < 1.29 is 20.1 Å². The van der Waals surface area contributed by atoms with Crippen LogP contribution in [0.5, 0.6) is 0 Å². The number of para-hydroxylation sites is 1. The summed E-state index contributed by atoms with van der Waals surface area (Å²) in [4.78, 5) is 9.26. The molecule has 0 N–H and O–H groups in total. The molecule has 3 heterocycles. The molecule has 5 aromatic rings. The van der Waals surface area contributed by atoms with E-state index in [2.05, 4.69) is 77.1 Å². The Balaban J connectivity index is 0.000000170. The van der Waals surface area contributed by atoms with Gasteiger partial charge < -0.3 is 9.55 Å². The van der Waals surface area contributed by atoms with E-state index in [0.717, 1.165) is 40.6 Å². The molecule has 0 spiro atoms. The number of aromatic nitrogens is 3. The van der Waals surface area contributed by atoms with E-state index in [9.17, 15) is 0 Å². The standard InChI is InChI=1S/C21H19N2.C13H12N.Ir/c1-2-9-16(10-3-1)21-22-19-12-6-11-18-17(15-7-4-5-8-15)13-14-23(21)20(18)19;1-10-3-6-12(7-4-10)13-8-5-11(2)9-14-13;/h1-3,6,9,11-13,15H,4-5,7-8,14H2;3-6,8-9H,1-2H3;/q2*-1;. The van der Waals surface area contributed by atoms with Gasteiger partial charge in [-0.15, -0.1) is 71.3 Å². The number of nitrogens with zero attached hydrogens (tertiary/aromatic N) is 3. The molecule has 1 saturated carbocycles. The Morgan fingerprint density at radius 1 is 0.842 bits per heavy atom. The zero-order valence-corrected chi connectivity index (χ0v) is 24.3. The van der Waals surface area contributed by atoms with Gasteiger partial charge in [0.05, 0.1) is 16.9 Å². The molecule has 193 valence electrons. The molecule has 1 aliphatic heterocycles. The van der Waals surface area contributed by atoms with Crippen molar-refractivity contribution in [1.82, 2.24) is 14.5 Å². The van der Waals surface area contributed by atoms with Crippen molar-refractivity contribution in [3.05, 3.63) is 114 Å². The minimum Gasteiger partial charge on any atom is -0.360 e. The molecule has 0 saturated heterocycles. The molecule has 0 amide bonds. The first kappa shape index (κ1) is 26.3. The predicted molar refractivity (Wildman–Crippen MR) is 152 cm³/mol. The number of pyridine rings is 1. The minimum absolute atomic E-state index is 0. The van der Waals surface area contributed by atoms with Crippen LogP contribution in [0, 0.1) is 31.9 Å². The molecule has 3 nitrogen and oxygen atoms in total. The Morgan fingerprint density at radius 3 is 2.39 bits per heavy atom. The fourth-order valence-electron chi connectivity index (χ4n) is 5.55. The maximum Gasteiger partial charge on any atom is 0.0777 e. The molecule has 0 atom stereocenters. The Kier molecular flexibility index (Phi) is 8.02. The van der Waals surface area contributed by atoms with E-state index in [1.807, 2.05) is 43.5 Å². The fourth-order valence-corrected chi connectivity index (χ4v) is 5.55. The number of benzene rings is 3. The van der Waals surface area contributed by atoms with Gasteiger partial charge in [-0.3, -0.25) is 4.98 Å². The van der Waals surface area contributed by atoms with Crippen LogP contribution in [0.25, 0.3) is 39.3 Å². The summed E-state index contributed by atoms with van der Waals surface area (Å²) in [5.74, 6) is 1.78. The summed E-state index contributed by atoms with van der Waals surface area (Å²) < 4.78 is 2.36. The molecule has 2 aliphatic rings. The number of hydrogen-bond acceptors (Lipinski definition) is 2. The first-order valence-corrected chi connectivity index (χ1v) is 13.3. The Morgan fingerprint density at radius 2 is 1.68 bits per heavy atom. The number of aryl methyl sites for hydroxylation is 2. The van der Waals surface area contributed by atoms with Crippen LogP contribution < -0.4 is 0 Å². The van der Waals surface area contributed by atoms with Crippen LogP contribution in [0.1, 0.15) is 42.4 Å². The van der Waals surface area contributed by atoms with Gasteiger partial charge in [-0.05, 0) is 48.6 Å². The smallest absolute Gasteiger partial charge is 0.0777 e. The average molecular weight is 674 g/mol. The minimum atomic E-state index is 0. The molecule has 0 unspecified atom stereocenters. The van der Waals surface area contributed by atoms with E-state index in [4.69, 9.17) is 4.98 Å². The van der Waals surface area contributed by atoms with Gasteiger partial charge in [-0.2, -0.15) is 0 Å². The summed E-state index contributed by atoms with van der Waals surface area (Å²) in [6, 6.07) is 31.4. The first-order chi connectivity index (χ1) is 18.2. The van der Waals surface area contributed by atoms with Gasteiger partial charge in [0.1, 0.15) is 0 Å². The van der Waals surface area contributed by atoms with E-state index in [1.54, 1.807) is 5.57 Å². The summed E-state index contributed by atoms with van der Waals surface area (Å²) in [5.41, 5.74) is 10.9. The fraction of sp³-hybridized carbons (Fsp3) is 0.235. The maximum absolute atomic E-state index is 4.91. The average Bonchev–Trinajstić information content (AvgIpc) is 3.61. The van der Waals surface area contributed by atoms with Gasteiger partial charge >= 0.3 is 0 Å². The zero-order valence-electron chi connectivity index (χ0n) is 21.9. The van der Waals surface area contributed by atoms with E-state index < -0.39 is 0 Å². The molecule has 0 bridgehead atoms. The second-order valence-corrected chi connectivity index (χ2v) is 10.1. The SMILES string of the molecule is Cc1c[c-]c(-c2ccc(C)cn2)cc1.[Ir].[c-]1ccccc1-c1nc2cccc3c2n1CC=C3C1CCCC1. The molecule has 3 aromatic carbocycles. The molecule has 1 fully saturated rings. The summed E-state index contributed by atoms with van der Waals surface area (Å²) >= 11 is 0. The molecule has 1 aliphatic carbocycles. The van der Waals surface area contributed by atoms with Crippen molar-refractivity contribution in [2.45, 2.75) is 46.1 Å². The van der Waals surface area contributed by atoms with Crippen LogP contribution in [0.4, 0.5) is 0 Å². The second-order valence-electron chi connectivity index (χ2n) is 10.1. The summed E-state index contributed by atoms with van der Waals surface area (Å²) in [7, 11) is 0. The number of rotatable bonds is 3. The van der Waals surface area contributed by atoms with E-state index in [-0.39, 0.29) is 20.1 Å². The Hall–Kier alpha value is -3.33. The number of allylic oxidation sites excluding steroid dienone is 2. The summed E-state index contributed by atoms with van der Waals surface area (Å²) in [6.45, 7) is 5.02. The van der Waals surface area contributed by atoms with E-state index in [0.29, 0.717) is 0 Å². The number of imidazole rings is 1. The molecule has 4 heteroatoms. The van der Waals surface area contributed by atoms with Gasteiger partial charge in [-0.25, -0.2) is 0 Å². The van der Waals surface area contributed by atoms with Crippen molar-refractivity contribution in [3.63, 3.8) is 0 Å². The first-order valence-electron chi connectivity index (χ1n) is 13.3. The van der Waals surface area contributed by atoms with Crippen LogP contribution in [0.15, 0.2) is 85.1 Å². The summed E-state index contributed by atoms with van der Waals surface area (Å²) in [6.07, 6.45) is 9.75. The Labute approximate surface area is 239 Å². The third-order valence-corrected chi connectivity index (χ3v) is 7.47. The number of hydrogen-bond donors (Lipinski definition) is 0. The Bertz CT molecular complexity index is 1500. The van der Waals surface area contributed by atoms with Crippen molar-refractivity contribution in [1.29, 1.82) is 0 Å². The molecular formula is C34H31IrN3-2. The normalized spacial score (nSPS) is 14.4. The van der Waals surface area contributed by atoms with Gasteiger partial charge in [0.15, 0.2) is 0 Å². The quantitative estimate of drug-likeness (QED) is 0.181. The maximum atomic E-state index is 4.91. The second kappa shape index (κ2) is 11.6. The van der Waals surface area contributed by atoms with Crippen molar-refractivity contribution in [3.8, 4) is 22.6 Å². The van der Waals surface area contributed by atoms with E-state index >= 15 is 0 Å². The molecule has 1 radical (unpaired) electrons. The van der Waals surface area contributed by atoms with Crippen LogP contribution in [0.2, 0.25) is 0 Å². The van der Waals surface area contributed by atoms with Crippen LogP contribution >= 0.6 is 0 Å². The van der Waals surface area contributed by atoms with Gasteiger partial charge in [0.2, 0.25) is 0 Å². The van der Waals surface area contributed by atoms with Crippen molar-refractivity contribution >= 4 is 16.6 Å². The monoisotopic (exact) mass is 674 g/mol. The van der Waals surface area contributed by atoms with Crippen LogP contribution in [-0.2, 0) is 26.7 Å². The predicted octanol–water partition coefficient (Wildman–Crippen LogP) is 8.25. The topological polar surface area (TPSA) is 30.7 Å². The van der Waals surface area contributed by atoms with Crippen molar-refractivity contribution in [2.75, 3.05) is 0 Å². The van der Waals surface area contributed by atoms with Crippen LogP contribution in [-0.4, -0.2) is 14.5 Å². The third kappa shape index (κ3) is 5.29. The van der Waals surface area contributed by atoms with Gasteiger partial charge in [0.25, 0.3) is 0 Å². The summed E-state index contributed by atoms with van der Waals surface area (Å²) in [5, 5.41) is 0. The van der Waals surface area contributed by atoms with Crippen LogP contribution in [0.3, 0.4) is 0 Å².